The first kappa shape index (κ1) is 11.7. The third-order valence-corrected chi connectivity index (χ3v) is 4.36. The second-order valence-electron chi connectivity index (χ2n) is 5.51. The number of carbonyl (C=O) groups is 1. The Balaban J connectivity index is 1.74. The van der Waals surface area contributed by atoms with Crippen LogP contribution in [0.5, 0.6) is 0 Å². The zero-order chi connectivity index (χ0) is 12.8. The minimum absolute atomic E-state index is 0.0864. The fourth-order valence-electron chi connectivity index (χ4n) is 3.36. The molecule has 1 aromatic rings. The zero-order valence-electron chi connectivity index (χ0n) is 10.5. The van der Waals surface area contributed by atoms with Gasteiger partial charge in [0, 0.05) is 13.2 Å². The minimum Gasteiger partial charge on any atom is -0.481 e. The van der Waals surface area contributed by atoms with Gasteiger partial charge in [0.05, 0.1) is 23.8 Å². The standard InChI is InChI=1S/C13H18N2O3/c1-15-8-9(7-14-15)4-5-13(12(16)17)6-10-2-3-11(13)18-10/h7-8,10-11H,2-6H2,1H3,(H,16,17). The number of rotatable bonds is 4. The molecular weight excluding hydrogens is 232 g/mol. The van der Waals surface area contributed by atoms with Crippen molar-refractivity contribution in [1.29, 1.82) is 0 Å². The molecule has 3 heterocycles. The molecule has 18 heavy (non-hydrogen) atoms. The minimum atomic E-state index is -0.696. The normalized spacial score (nSPS) is 34.1. The third-order valence-electron chi connectivity index (χ3n) is 4.36. The Morgan fingerprint density at radius 2 is 2.50 bits per heavy atom. The van der Waals surface area contributed by atoms with Crippen molar-refractivity contribution in [3.8, 4) is 0 Å². The summed E-state index contributed by atoms with van der Waals surface area (Å²) in [7, 11) is 1.87. The van der Waals surface area contributed by atoms with Gasteiger partial charge in [-0.15, -0.1) is 0 Å². The SMILES string of the molecule is Cn1cc(CCC2(C(=O)O)CC3CCC2O3)cn1. The van der Waals surface area contributed by atoms with Crippen molar-refractivity contribution in [2.24, 2.45) is 12.5 Å². The Morgan fingerprint density at radius 1 is 1.67 bits per heavy atom. The molecule has 2 aliphatic rings. The van der Waals surface area contributed by atoms with Crippen molar-refractivity contribution >= 4 is 5.97 Å². The Kier molecular flexibility index (Phi) is 2.66. The molecule has 5 nitrogen and oxygen atoms in total. The Hall–Kier alpha value is -1.36. The van der Waals surface area contributed by atoms with Gasteiger partial charge in [0.25, 0.3) is 0 Å². The van der Waals surface area contributed by atoms with E-state index >= 15 is 0 Å². The molecule has 0 amide bonds. The molecule has 1 aromatic heterocycles. The van der Waals surface area contributed by atoms with Crippen LogP contribution in [0, 0.1) is 5.41 Å². The molecule has 3 atom stereocenters. The van der Waals surface area contributed by atoms with E-state index in [1.54, 1.807) is 4.68 Å². The highest BCUT2D eigenvalue weighted by molar-refractivity contribution is 5.76. The molecule has 0 saturated carbocycles. The lowest BCUT2D eigenvalue weighted by molar-refractivity contribution is -0.152. The summed E-state index contributed by atoms with van der Waals surface area (Å²) in [5.74, 6) is -0.696. The van der Waals surface area contributed by atoms with E-state index in [-0.39, 0.29) is 12.2 Å². The first-order valence-corrected chi connectivity index (χ1v) is 6.46. The Labute approximate surface area is 106 Å². The van der Waals surface area contributed by atoms with E-state index in [4.69, 9.17) is 4.74 Å². The molecule has 2 fully saturated rings. The molecule has 1 N–H and O–H groups in total. The second-order valence-corrected chi connectivity index (χ2v) is 5.51. The largest absolute Gasteiger partial charge is 0.481 e. The topological polar surface area (TPSA) is 64.4 Å². The average Bonchev–Trinajstić information content (AvgIpc) is 3.01. The molecule has 0 aromatic carbocycles. The number of aromatic nitrogens is 2. The highest BCUT2D eigenvalue weighted by atomic mass is 16.5. The number of aliphatic carboxylic acids is 1. The lowest BCUT2D eigenvalue weighted by Crippen LogP contribution is -2.40. The van der Waals surface area contributed by atoms with Crippen LogP contribution in [0.4, 0.5) is 0 Å². The highest BCUT2D eigenvalue weighted by Gasteiger charge is 2.56. The molecule has 3 unspecified atom stereocenters. The number of hydrogen-bond donors (Lipinski definition) is 1. The maximum atomic E-state index is 11.6. The summed E-state index contributed by atoms with van der Waals surface area (Å²) in [5.41, 5.74) is 0.430. The van der Waals surface area contributed by atoms with Crippen molar-refractivity contribution in [3.05, 3.63) is 18.0 Å². The average molecular weight is 250 g/mol. The quantitative estimate of drug-likeness (QED) is 0.876. The van der Waals surface area contributed by atoms with Gasteiger partial charge in [-0.25, -0.2) is 0 Å². The predicted molar refractivity (Wildman–Crippen MR) is 64.1 cm³/mol. The smallest absolute Gasteiger partial charge is 0.312 e. The van der Waals surface area contributed by atoms with Crippen LogP contribution < -0.4 is 0 Å². The number of aryl methyl sites for hydroxylation is 2. The van der Waals surface area contributed by atoms with Crippen molar-refractivity contribution in [3.63, 3.8) is 0 Å². The van der Waals surface area contributed by atoms with Gasteiger partial charge in [-0.1, -0.05) is 0 Å². The number of hydrogen-bond acceptors (Lipinski definition) is 3. The molecular formula is C13H18N2O3. The van der Waals surface area contributed by atoms with Crippen LogP contribution in [0.25, 0.3) is 0 Å². The van der Waals surface area contributed by atoms with E-state index in [1.807, 2.05) is 19.4 Å². The van der Waals surface area contributed by atoms with E-state index in [0.717, 1.165) is 24.8 Å². The second kappa shape index (κ2) is 4.09. The fourth-order valence-corrected chi connectivity index (χ4v) is 3.36. The van der Waals surface area contributed by atoms with Crippen LogP contribution in [-0.4, -0.2) is 33.1 Å². The van der Waals surface area contributed by atoms with Gasteiger partial charge in [0.1, 0.15) is 0 Å². The summed E-state index contributed by atoms with van der Waals surface area (Å²) in [6, 6.07) is 0. The summed E-state index contributed by atoms with van der Waals surface area (Å²) in [6.07, 6.45) is 7.83. The first-order valence-electron chi connectivity index (χ1n) is 6.46. The van der Waals surface area contributed by atoms with Gasteiger partial charge in [-0.3, -0.25) is 9.48 Å². The van der Waals surface area contributed by atoms with Gasteiger partial charge in [0.15, 0.2) is 0 Å². The zero-order valence-corrected chi connectivity index (χ0v) is 10.5. The molecule has 0 aliphatic carbocycles. The highest BCUT2D eigenvalue weighted by Crippen LogP contribution is 2.50. The van der Waals surface area contributed by atoms with Gasteiger partial charge in [-0.05, 0) is 37.7 Å². The molecule has 2 saturated heterocycles. The van der Waals surface area contributed by atoms with E-state index in [9.17, 15) is 9.90 Å². The van der Waals surface area contributed by atoms with E-state index in [2.05, 4.69) is 5.10 Å². The van der Waals surface area contributed by atoms with Crippen LogP contribution in [-0.2, 0) is 23.0 Å². The summed E-state index contributed by atoms with van der Waals surface area (Å²) in [5, 5.41) is 13.7. The third kappa shape index (κ3) is 1.73. The maximum absolute atomic E-state index is 11.6. The van der Waals surface area contributed by atoms with Crippen molar-refractivity contribution < 1.29 is 14.6 Å². The molecule has 2 bridgehead atoms. The molecule has 98 valence electrons. The Morgan fingerprint density at radius 3 is 3.00 bits per heavy atom. The number of ether oxygens (including phenoxy) is 1. The van der Waals surface area contributed by atoms with Gasteiger partial charge in [0.2, 0.25) is 0 Å². The molecule has 2 aliphatic heterocycles. The van der Waals surface area contributed by atoms with Gasteiger partial charge >= 0.3 is 5.97 Å². The summed E-state index contributed by atoms with van der Waals surface area (Å²) in [4.78, 5) is 11.6. The van der Waals surface area contributed by atoms with E-state index in [0.29, 0.717) is 12.8 Å². The monoisotopic (exact) mass is 250 g/mol. The number of fused-ring (bicyclic) bond motifs is 2. The number of carboxylic acid groups (broad SMARTS) is 1. The van der Waals surface area contributed by atoms with Gasteiger partial charge in [-0.2, -0.15) is 5.10 Å². The van der Waals surface area contributed by atoms with Crippen molar-refractivity contribution in [1.82, 2.24) is 9.78 Å². The number of carboxylic acids is 1. The van der Waals surface area contributed by atoms with Crippen LogP contribution in [0.15, 0.2) is 12.4 Å². The Bertz CT molecular complexity index is 471. The van der Waals surface area contributed by atoms with Crippen molar-refractivity contribution in [2.45, 2.75) is 44.3 Å². The van der Waals surface area contributed by atoms with Gasteiger partial charge < -0.3 is 9.84 Å². The molecule has 0 radical (unpaired) electrons. The lowest BCUT2D eigenvalue weighted by atomic mass is 9.70. The number of nitrogens with zero attached hydrogens (tertiary/aromatic N) is 2. The first-order chi connectivity index (χ1) is 8.60. The van der Waals surface area contributed by atoms with Crippen LogP contribution in [0.3, 0.4) is 0 Å². The predicted octanol–water partition coefficient (Wildman–Crippen LogP) is 1.38. The lowest BCUT2D eigenvalue weighted by Gasteiger charge is -2.30. The van der Waals surface area contributed by atoms with Crippen LogP contribution in [0.1, 0.15) is 31.2 Å². The van der Waals surface area contributed by atoms with Crippen LogP contribution >= 0.6 is 0 Å². The summed E-state index contributed by atoms with van der Waals surface area (Å²) < 4.78 is 7.49. The van der Waals surface area contributed by atoms with Crippen LogP contribution in [0.2, 0.25) is 0 Å². The van der Waals surface area contributed by atoms with Crippen molar-refractivity contribution in [2.75, 3.05) is 0 Å². The summed E-state index contributed by atoms with van der Waals surface area (Å²) in [6.45, 7) is 0. The molecule has 0 spiro atoms. The molecule has 3 rings (SSSR count). The van der Waals surface area contributed by atoms with E-state index in [1.165, 1.54) is 0 Å². The maximum Gasteiger partial charge on any atom is 0.312 e. The fraction of sp³-hybridized carbons (Fsp3) is 0.692. The summed E-state index contributed by atoms with van der Waals surface area (Å²) >= 11 is 0. The van der Waals surface area contributed by atoms with E-state index < -0.39 is 11.4 Å². The molecule has 5 heteroatoms.